The second-order valence-electron chi connectivity index (χ2n) is 3.68. The minimum absolute atomic E-state index is 0.753. The third-order valence-electron chi connectivity index (χ3n) is 2.05. The van der Waals surface area contributed by atoms with Crippen molar-refractivity contribution < 1.29 is 4.74 Å². The summed E-state index contributed by atoms with van der Waals surface area (Å²) in [6.07, 6.45) is 6.53. The van der Waals surface area contributed by atoms with Gasteiger partial charge in [-0.1, -0.05) is 40.0 Å². The van der Waals surface area contributed by atoms with Crippen molar-refractivity contribution >= 4 is 0 Å². The van der Waals surface area contributed by atoms with Gasteiger partial charge in [-0.05, 0) is 18.8 Å². The van der Waals surface area contributed by atoms with E-state index in [1.54, 1.807) is 0 Å². The van der Waals surface area contributed by atoms with Gasteiger partial charge in [0.25, 0.3) is 0 Å². The molecule has 0 bridgehead atoms. The zero-order valence-corrected chi connectivity index (χ0v) is 8.94. The van der Waals surface area contributed by atoms with E-state index in [0.717, 1.165) is 25.6 Å². The first-order valence-electron chi connectivity index (χ1n) is 5.39. The molecular formula is C11H24O. The monoisotopic (exact) mass is 172 g/mol. The van der Waals surface area contributed by atoms with Crippen LogP contribution in [0, 0.1) is 5.92 Å². The lowest BCUT2D eigenvalue weighted by Gasteiger charge is -2.10. The van der Waals surface area contributed by atoms with Crippen molar-refractivity contribution in [1.82, 2.24) is 0 Å². The summed E-state index contributed by atoms with van der Waals surface area (Å²) < 4.78 is 5.48. The first-order chi connectivity index (χ1) is 5.81. The molecule has 1 nitrogen and oxygen atoms in total. The first-order valence-corrected chi connectivity index (χ1v) is 5.39. The Hall–Kier alpha value is -0.0400. The Kier molecular flexibility index (Phi) is 9.02. The van der Waals surface area contributed by atoms with Crippen molar-refractivity contribution in [3.63, 3.8) is 0 Å². The molecule has 0 aromatic heterocycles. The molecule has 12 heavy (non-hydrogen) atoms. The summed E-state index contributed by atoms with van der Waals surface area (Å²) in [5.74, 6) is 0.753. The molecule has 0 saturated carbocycles. The molecule has 0 heterocycles. The fourth-order valence-corrected chi connectivity index (χ4v) is 1.25. The predicted molar refractivity (Wildman–Crippen MR) is 54.4 cm³/mol. The molecule has 0 N–H and O–H groups in total. The van der Waals surface area contributed by atoms with Gasteiger partial charge in [0.15, 0.2) is 0 Å². The van der Waals surface area contributed by atoms with E-state index in [1.807, 2.05) is 0 Å². The van der Waals surface area contributed by atoms with Gasteiger partial charge in [-0.25, -0.2) is 0 Å². The van der Waals surface area contributed by atoms with Crippen LogP contribution < -0.4 is 0 Å². The zero-order valence-electron chi connectivity index (χ0n) is 8.94. The summed E-state index contributed by atoms with van der Waals surface area (Å²) >= 11 is 0. The molecule has 0 rings (SSSR count). The number of hydrogen-bond donors (Lipinski definition) is 0. The summed E-state index contributed by atoms with van der Waals surface area (Å²) in [6.45, 7) is 8.57. The molecule has 0 aliphatic heterocycles. The molecule has 0 spiro atoms. The number of ether oxygens (including phenoxy) is 1. The Balaban J connectivity index is 3.04. The van der Waals surface area contributed by atoms with Gasteiger partial charge in [-0.2, -0.15) is 0 Å². The lowest BCUT2D eigenvalue weighted by Crippen LogP contribution is -2.06. The van der Waals surface area contributed by atoms with Gasteiger partial charge in [0.05, 0.1) is 0 Å². The lowest BCUT2D eigenvalue weighted by atomic mass is 10.0. The molecule has 0 aromatic rings. The highest BCUT2D eigenvalue weighted by Gasteiger charge is 2.00. The van der Waals surface area contributed by atoms with E-state index in [1.165, 1.54) is 25.7 Å². The maximum atomic E-state index is 5.48. The molecule has 1 atom stereocenters. The summed E-state index contributed by atoms with van der Waals surface area (Å²) in [4.78, 5) is 0. The number of hydrogen-bond acceptors (Lipinski definition) is 1. The Morgan fingerprint density at radius 3 is 2.42 bits per heavy atom. The van der Waals surface area contributed by atoms with Gasteiger partial charge >= 0.3 is 0 Å². The molecule has 0 saturated heterocycles. The summed E-state index contributed by atoms with van der Waals surface area (Å²) in [5, 5.41) is 0. The average molecular weight is 172 g/mol. The van der Waals surface area contributed by atoms with Gasteiger partial charge in [-0.3, -0.25) is 0 Å². The summed E-state index contributed by atoms with van der Waals surface area (Å²) in [7, 11) is 0. The average Bonchev–Trinajstić information content (AvgIpc) is 2.06. The lowest BCUT2D eigenvalue weighted by molar-refractivity contribution is 0.102. The van der Waals surface area contributed by atoms with Crippen LogP contribution in [0.5, 0.6) is 0 Å². The van der Waals surface area contributed by atoms with Crippen molar-refractivity contribution in [3.8, 4) is 0 Å². The Morgan fingerprint density at radius 1 is 1.08 bits per heavy atom. The van der Waals surface area contributed by atoms with E-state index in [4.69, 9.17) is 4.74 Å². The SMILES string of the molecule is CCCCCC(C)COCCC. The van der Waals surface area contributed by atoms with E-state index in [0.29, 0.717) is 0 Å². The Bertz CT molecular complexity index is 71.1. The predicted octanol–water partition coefficient (Wildman–Crippen LogP) is 3.63. The van der Waals surface area contributed by atoms with Crippen molar-refractivity contribution in [2.45, 2.75) is 52.9 Å². The quantitative estimate of drug-likeness (QED) is 0.508. The molecule has 0 amide bonds. The standard InChI is InChI=1S/C11H24O/c1-4-6-7-8-11(3)10-12-9-5-2/h11H,4-10H2,1-3H3. The van der Waals surface area contributed by atoms with Crippen LogP contribution in [0.3, 0.4) is 0 Å². The van der Waals surface area contributed by atoms with Crippen LogP contribution >= 0.6 is 0 Å². The second kappa shape index (κ2) is 9.05. The third-order valence-corrected chi connectivity index (χ3v) is 2.05. The van der Waals surface area contributed by atoms with Crippen molar-refractivity contribution in [3.05, 3.63) is 0 Å². The normalized spacial score (nSPS) is 13.2. The first kappa shape index (κ1) is 12.0. The molecule has 74 valence electrons. The molecule has 0 aliphatic rings. The van der Waals surface area contributed by atoms with E-state index in [-0.39, 0.29) is 0 Å². The van der Waals surface area contributed by atoms with Crippen LogP contribution in [0.1, 0.15) is 52.9 Å². The van der Waals surface area contributed by atoms with Crippen LogP contribution in [0.25, 0.3) is 0 Å². The molecule has 1 unspecified atom stereocenters. The zero-order chi connectivity index (χ0) is 9.23. The Labute approximate surface area is 77.5 Å². The maximum Gasteiger partial charge on any atom is 0.0491 e. The van der Waals surface area contributed by atoms with E-state index in [2.05, 4.69) is 20.8 Å². The van der Waals surface area contributed by atoms with Crippen LogP contribution in [0.15, 0.2) is 0 Å². The second-order valence-corrected chi connectivity index (χ2v) is 3.68. The van der Waals surface area contributed by atoms with Crippen molar-refractivity contribution in [1.29, 1.82) is 0 Å². The van der Waals surface area contributed by atoms with Crippen LogP contribution in [0.2, 0.25) is 0 Å². The van der Waals surface area contributed by atoms with Crippen LogP contribution in [-0.2, 0) is 4.74 Å². The highest BCUT2D eigenvalue weighted by Crippen LogP contribution is 2.09. The van der Waals surface area contributed by atoms with Gasteiger partial charge in [-0.15, -0.1) is 0 Å². The molecule has 0 aliphatic carbocycles. The molecular weight excluding hydrogens is 148 g/mol. The topological polar surface area (TPSA) is 9.23 Å². The van der Waals surface area contributed by atoms with E-state index in [9.17, 15) is 0 Å². The maximum absolute atomic E-state index is 5.48. The van der Waals surface area contributed by atoms with Gasteiger partial charge in [0, 0.05) is 13.2 Å². The molecule has 1 heteroatoms. The van der Waals surface area contributed by atoms with Crippen molar-refractivity contribution in [2.75, 3.05) is 13.2 Å². The van der Waals surface area contributed by atoms with Gasteiger partial charge in [0.2, 0.25) is 0 Å². The van der Waals surface area contributed by atoms with Gasteiger partial charge in [0.1, 0.15) is 0 Å². The fourth-order valence-electron chi connectivity index (χ4n) is 1.25. The van der Waals surface area contributed by atoms with Crippen LogP contribution in [-0.4, -0.2) is 13.2 Å². The van der Waals surface area contributed by atoms with Gasteiger partial charge < -0.3 is 4.74 Å². The highest BCUT2D eigenvalue weighted by molar-refractivity contribution is 4.51. The third kappa shape index (κ3) is 8.06. The molecule has 0 aromatic carbocycles. The highest BCUT2D eigenvalue weighted by atomic mass is 16.5. The minimum atomic E-state index is 0.753. The molecule has 0 radical (unpaired) electrons. The minimum Gasteiger partial charge on any atom is -0.381 e. The summed E-state index contributed by atoms with van der Waals surface area (Å²) in [5.41, 5.74) is 0. The van der Waals surface area contributed by atoms with E-state index < -0.39 is 0 Å². The van der Waals surface area contributed by atoms with Crippen LogP contribution in [0.4, 0.5) is 0 Å². The number of unbranched alkanes of at least 4 members (excludes halogenated alkanes) is 2. The number of rotatable bonds is 8. The molecule has 0 fully saturated rings. The fraction of sp³-hybridized carbons (Fsp3) is 1.00. The van der Waals surface area contributed by atoms with Crippen molar-refractivity contribution in [2.24, 2.45) is 5.92 Å². The smallest absolute Gasteiger partial charge is 0.0491 e. The summed E-state index contributed by atoms with van der Waals surface area (Å²) in [6, 6.07) is 0. The van der Waals surface area contributed by atoms with E-state index >= 15 is 0 Å². The Morgan fingerprint density at radius 2 is 1.83 bits per heavy atom. The largest absolute Gasteiger partial charge is 0.381 e.